The number of aromatic nitrogens is 1. The molecule has 2 heterocycles. The Labute approximate surface area is 145 Å². The van der Waals surface area contributed by atoms with Gasteiger partial charge in [-0.15, -0.1) is 0 Å². The van der Waals surface area contributed by atoms with Crippen LogP contribution in [0.15, 0.2) is 30.3 Å². The average Bonchev–Trinajstić information content (AvgIpc) is 3.45. The number of carboxylic acids is 1. The molecule has 130 valence electrons. The number of aliphatic carboxylic acids is 1. The Hall–Kier alpha value is -2.47. The Morgan fingerprint density at radius 3 is 2.64 bits per heavy atom. The van der Waals surface area contributed by atoms with Crippen LogP contribution in [0.2, 0.25) is 0 Å². The molecule has 2 N–H and O–H groups in total. The minimum absolute atomic E-state index is 0.0325. The van der Waals surface area contributed by atoms with E-state index in [-0.39, 0.29) is 18.9 Å². The Balaban J connectivity index is 1.71. The van der Waals surface area contributed by atoms with Gasteiger partial charge in [-0.2, -0.15) is 0 Å². The quantitative estimate of drug-likeness (QED) is 0.892. The predicted molar refractivity (Wildman–Crippen MR) is 91.4 cm³/mol. The zero-order chi connectivity index (χ0) is 17.6. The van der Waals surface area contributed by atoms with E-state index in [1.165, 1.54) is 0 Å². The van der Waals surface area contributed by atoms with Gasteiger partial charge in [0.15, 0.2) is 0 Å². The van der Waals surface area contributed by atoms with Crippen LogP contribution in [0, 0.1) is 5.92 Å². The molecule has 1 amide bonds. The number of aliphatic hydroxyl groups is 1. The van der Waals surface area contributed by atoms with Crippen LogP contribution in [0.4, 0.5) is 0 Å². The molecule has 0 radical (unpaired) electrons. The summed E-state index contributed by atoms with van der Waals surface area (Å²) >= 11 is 0. The third-order valence-corrected chi connectivity index (χ3v) is 5.14. The van der Waals surface area contributed by atoms with Crippen LogP contribution in [0.1, 0.15) is 41.2 Å². The molecule has 0 bridgehead atoms. The number of aliphatic hydroxyl groups excluding tert-OH is 1. The number of carbonyl (C=O) groups excluding carboxylic acids is 1. The lowest BCUT2D eigenvalue weighted by Gasteiger charge is -2.34. The van der Waals surface area contributed by atoms with E-state index in [0.717, 1.165) is 29.4 Å². The Bertz CT molecular complexity index is 846. The third kappa shape index (κ3) is 2.98. The number of amides is 1. The minimum Gasteiger partial charge on any atom is -0.481 e. The molecule has 2 fully saturated rings. The molecule has 1 aromatic heterocycles. The lowest BCUT2D eigenvalue weighted by atomic mass is 9.94. The van der Waals surface area contributed by atoms with Gasteiger partial charge in [0.05, 0.1) is 17.2 Å². The maximum atomic E-state index is 13.1. The van der Waals surface area contributed by atoms with Crippen molar-refractivity contribution in [3.8, 4) is 0 Å². The van der Waals surface area contributed by atoms with Gasteiger partial charge in [-0.25, -0.2) is 0 Å². The van der Waals surface area contributed by atoms with E-state index in [4.69, 9.17) is 0 Å². The largest absolute Gasteiger partial charge is 0.481 e. The standard InChI is InChI=1S/C19H20N2O4/c22-17-7-8-21(10-14(17)19(24)25)18(23)13-9-16(11-5-6-11)20-15-4-2-1-3-12(13)15/h1-4,9,11,14,17,22H,5-8,10H2,(H,24,25)/t14-,17-/m0/s1. The van der Waals surface area contributed by atoms with Crippen molar-refractivity contribution in [3.05, 3.63) is 41.6 Å². The summed E-state index contributed by atoms with van der Waals surface area (Å²) in [6.45, 7) is 0.393. The van der Waals surface area contributed by atoms with Crippen molar-refractivity contribution < 1.29 is 19.8 Å². The highest BCUT2D eigenvalue weighted by Gasteiger charge is 2.36. The van der Waals surface area contributed by atoms with Gasteiger partial charge in [-0.3, -0.25) is 14.6 Å². The summed E-state index contributed by atoms with van der Waals surface area (Å²) in [5.41, 5.74) is 2.31. The molecule has 1 aliphatic heterocycles. The molecular formula is C19H20N2O4. The van der Waals surface area contributed by atoms with Gasteiger partial charge in [0, 0.05) is 30.1 Å². The summed E-state index contributed by atoms with van der Waals surface area (Å²) in [5, 5.41) is 19.9. The summed E-state index contributed by atoms with van der Waals surface area (Å²) in [6, 6.07) is 9.41. The highest BCUT2D eigenvalue weighted by Crippen LogP contribution is 2.40. The lowest BCUT2D eigenvalue weighted by molar-refractivity contribution is -0.148. The number of carbonyl (C=O) groups is 2. The number of hydrogen-bond acceptors (Lipinski definition) is 4. The monoisotopic (exact) mass is 340 g/mol. The van der Waals surface area contributed by atoms with Crippen molar-refractivity contribution in [2.24, 2.45) is 5.92 Å². The highest BCUT2D eigenvalue weighted by molar-refractivity contribution is 6.06. The second-order valence-corrected chi connectivity index (χ2v) is 6.94. The summed E-state index contributed by atoms with van der Waals surface area (Å²) in [5.74, 6) is -1.76. The molecule has 1 saturated heterocycles. The van der Waals surface area contributed by atoms with Crippen LogP contribution in [0.5, 0.6) is 0 Å². The normalized spacial score (nSPS) is 23.6. The van der Waals surface area contributed by atoms with E-state index in [1.54, 1.807) is 4.90 Å². The smallest absolute Gasteiger partial charge is 0.310 e. The van der Waals surface area contributed by atoms with Crippen molar-refractivity contribution in [1.29, 1.82) is 0 Å². The summed E-state index contributed by atoms with van der Waals surface area (Å²) in [7, 11) is 0. The fraction of sp³-hybridized carbons (Fsp3) is 0.421. The topological polar surface area (TPSA) is 90.7 Å². The zero-order valence-corrected chi connectivity index (χ0v) is 13.8. The van der Waals surface area contributed by atoms with Crippen LogP contribution in [0.3, 0.4) is 0 Å². The fourth-order valence-corrected chi connectivity index (χ4v) is 3.50. The number of nitrogens with zero attached hydrogens (tertiary/aromatic N) is 2. The number of likely N-dealkylation sites (tertiary alicyclic amines) is 1. The first-order valence-electron chi connectivity index (χ1n) is 8.64. The highest BCUT2D eigenvalue weighted by atomic mass is 16.4. The third-order valence-electron chi connectivity index (χ3n) is 5.14. The predicted octanol–water partition coefficient (Wildman–Crippen LogP) is 2.02. The Morgan fingerprint density at radius 2 is 1.92 bits per heavy atom. The molecule has 2 atom stereocenters. The molecule has 6 heteroatoms. The molecule has 1 aliphatic carbocycles. The van der Waals surface area contributed by atoms with Gasteiger partial charge in [-0.1, -0.05) is 18.2 Å². The van der Waals surface area contributed by atoms with E-state index in [1.807, 2.05) is 30.3 Å². The van der Waals surface area contributed by atoms with Crippen LogP contribution >= 0.6 is 0 Å². The first kappa shape index (κ1) is 16.0. The maximum absolute atomic E-state index is 13.1. The molecule has 2 aromatic rings. The number of rotatable bonds is 3. The van der Waals surface area contributed by atoms with Crippen molar-refractivity contribution in [2.75, 3.05) is 13.1 Å². The van der Waals surface area contributed by atoms with Crippen LogP contribution < -0.4 is 0 Å². The van der Waals surface area contributed by atoms with Crippen LogP contribution in [-0.4, -0.2) is 51.2 Å². The van der Waals surface area contributed by atoms with E-state index in [9.17, 15) is 19.8 Å². The van der Waals surface area contributed by atoms with E-state index < -0.39 is 18.0 Å². The Morgan fingerprint density at radius 1 is 1.16 bits per heavy atom. The summed E-state index contributed by atoms with van der Waals surface area (Å²) in [6.07, 6.45) is 1.56. The minimum atomic E-state index is -1.07. The molecule has 0 spiro atoms. The molecule has 1 saturated carbocycles. The van der Waals surface area contributed by atoms with Crippen molar-refractivity contribution >= 4 is 22.8 Å². The maximum Gasteiger partial charge on any atom is 0.310 e. The van der Waals surface area contributed by atoms with Crippen molar-refractivity contribution in [3.63, 3.8) is 0 Å². The van der Waals surface area contributed by atoms with E-state index >= 15 is 0 Å². The number of carboxylic acid groups (broad SMARTS) is 1. The molecule has 4 rings (SSSR count). The summed E-state index contributed by atoms with van der Waals surface area (Å²) < 4.78 is 0. The lowest BCUT2D eigenvalue weighted by Crippen LogP contribution is -2.48. The average molecular weight is 340 g/mol. The zero-order valence-electron chi connectivity index (χ0n) is 13.8. The van der Waals surface area contributed by atoms with Gasteiger partial charge in [0.1, 0.15) is 5.92 Å². The molecule has 2 aliphatic rings. The van der Waals surface area contributed by atoms with Gasteiger partial charge in [0.2, 0.25) is 0 Å². The second kappa shape index (κ2) is 6.11. The molecule has 6 nitrogen and oxygen atoms in total. The number of piperidine rings is 1. The fourth-order valence-electron chi connectivity index (χ4n) is 3.50. The SMILES string of the molecule is O=C(O)[C@H]1CN(C(=O)c2cc(C3CC3)nc3ccccc23)CC[C@@H]1O. The van der Waals surface area contributed by atoms with Crippen LogP contribution in [-0.2, 0) is 4.79 Å². The molecular weight excluding hydrogens is 320 g/mol. The van der Waals surface area contributed by atoms with E-state index in [0.29, 0.717) is 18.0 Å². The molecule has 1 aromatic carbocycles. The first-order valence-corrected chi connectivity index (χ1v) is 8.64. The van der Waals surface area contributed by atoms with Gasteiger partial charge in [0.25, 0.3) is 5.91 Å². The molecule has 0 unspecified atom stereocenters. The number of hydrogen-bond donors (Lipinski definition) is 2. The van der Waals surface area contributed by atoms with Crippen molar-refractivity contribution in [1.82, 2.24) is 9.88 Å². The first-order chi connectivity index (χ1) is 12.0. The number of fused-ring (bicyclic) bond motifs is 1. The number of pyridine rings is 1. The van der Waals surface area contributed by atoms with Crippen LogP contribution in [0.25, 0.3) is 10.9 Å². The Kier molecular flexibility index (Phi) is 3.92. The van der Waals surface area contributed by atoms with E-state index in [2.05, 4.69) is 4.98 Å². The van der Waals surface area contributed by atoms with Gasteiger partial charge in [-0.05, 0) is 31.4 Å². The number of para-hydroxylation sites is 1. The number of benzene rings is 1. The molecule has 25 heavy (non-hydrogen) atoms. The second-order valence-electron chi connectivity index (χ2n) is 6.94. The van der Waals surface area contributed by atoms with Crippen molar-refractivity contribution in [2.45, 2.75) is 31.3 Å². The van der Waals surface area contributed by atoms with Gasteiger partial charge >= 0.3 is 5.97 Å². The summed E-state index contributed by atoms with van der Waals surface area (Å²) in [4.78, 5) is 30.7. The van der Waals surface area contributed by atoms with Gasteiger partial charge < -0.3 is 15.1 Å².